The van der Waals surface area contributed by atoms with Crippen LogP contribution in [0.4, 0.5) is 5.69 Å². The number of nitrogens with zero attached hydrogens (tertiary/aromatic N) is 5. The first kappa shape index (κ1) is 27.0. The quantitative estimate of drug-likeness (QED) is 0.327. The number of benzene rings is 3. The van der Waals surface area contributed by atoms with Gasteiger partial charge >= 0.3 is 0 Å². The largest absolute Gasteiger partial charge is 0.497 e. The lowest BCUT2D eigenvalue weighted by atomic mass is 9.88. The van der Waals surface area contributed by atoms with Gasteiger partial charge in [-0.3, -0.25) is 4.79 Å². The molecule has 3 aromatic carbocycles. The molecule has 2 atom stereocenters. The number of carbonyl (C=O) groups is 1. The Labute approximate surface area is 238 Å². The fourth-order valence-electron chi connectivity index (χ4n) is 5.83. The number of piperazine rings is 1. The summed E-state index contributed by atoms with van der Waals surface area (Å²) in [6.45, 7) is 2.50. The Bertz CT molecular complexity index is 1650. The highest BCUT2D eigenvalue weighted by Gasteiger charge is 2.45. The maximum absolute atomic E-state index is 14.0. The summed E-state index contributed by atoms with van der Waals surface area (Å²) in [5, 5.41) is 7.61. The first-order chi connectivity index (χ1) is 19.9. The molecular weight excluding hydrogens is 546 g/mol. The number of sulfonamides is 1. The van der Waals surface area contributed by atoms with Gasteiger partial charge < -0.3 is 19.3 Å². The SMILES string of the molecule is COc1ccc(OC)c(N2CCN(C(=O)[C@@H]3CN(S(=O)(=O)c4cccc5nonc45)C[C@H]3c3ccccc3)CC2)c1. The van der Waals surface area contributed by atoms with Crippen LogP contribution in [0.1, 0.15) is 11.5 Å². The summed E-state index contributed by atoms with van der Waals surface area (Å²) < 4.78 is 44.8. The molecule has 1 aromatic heterocycles. The second-order valence-electron chi connectivity index (χ2n) is 10.2. The van der Waals surface area contributed by atoms with Crippen LogP contribution < -0.4 is 14.4 Å². The van der Waals surface area contributed by atoms with Crippen LogP contribution in [0.3, 0.4) is 0 Å². The molecule has 1 amide bonds. The highest BCUT2D eigenvalue weighted by Crippen LogP contribution is 2.38. The molecule has 12 heteroatoms. The first-order valence-electron chi connectivity index (χ1n) is 13.4. The third-order valence-electron chi connectivity index (χ3n) is 8.02. The number of ether oxygens (including phenoxy) is 2. The van der Waals surface area contributed by atoms with Crippen LogP contribution in [0.15, 0.2) is 76.3 Å². The Morgan fingerprint density at radius 3 is 2.41 bits per heavy atom. The van der Waals surface area contributed by atoms with E-state index < -0.39 is 15.9 Å². The molecule has 0 N–H and O–H groups in total. The van der Waals surface area contributed by atoms with E-state index in [4.69, 9.17) is 14.1 Å². The number of anilines is 1. The molecule has 4 aromatic rings. The summed E-state index contributed by atoms with van der Waals surface area (Å²) in [5.41, 5.74) is 2.39. The van der Waals surface area contributed by atoms with Crippen LogP contribution in [-0.4, -0.2) is 87.3 Å². The summed E-state index contributed by atoms with van der Waals surface area (Å²) in [6.07, 6.45) is 0. The fourth-order valence-corrected chi connectivity index (χ4v) is 7.46. The predicted molar refractivity (Wildman–Crippen MR) is 152 cm³/mol. The van der Waals surface area contributed by atoms with Crippen molar-refractivity contribution in [2.45, 2.75) is 10.8 Å². The monoisotopic (exact) mass is 577 g/mol. The molecule has 0 bridgehead atoms. The van der Waals surface area contributed by atoms with Crippen molar-refractivity contribution in [2.24, 2.45) is 5.92 Å². The van der Waals surface area contributed by atoms with Crippen molar-refractivity contribution < 1.29 is 27.3 Å². The standard InChI is InChI=1S/C29H31N5O6S/c1-38-21-11-12-26(39-2)25(17-21)32-13-15-33(16-14-32)29(35)23-19-34(18-22(23)20-7-4-3-5-8-20)41(36,37)27-10-6-9-24-28(27)31-40-30-24/h3-12,17,22-23H,13-16,18-19H2,1-2H3/t22-,23+/m0/s1. The number of hydrogen-bond acceptors (Lipinski definition) is 9. The van der Waals surface area contributed by atoms with Gasteiger partial charge in [0.15, 0.2) is 5.52 Å². The average molecular weight is 578 g/mol. The zero-order valence-electron chi connectivity index (χ0n) is 22.8. The highest BCUT2D eigenvalue weighted by atomic mass is 32.2. The number of carbonyl (C=O) groups excluding carboxylic acids is 1. The van der Waals surface area contributed by atoms with E-state index in [1.165, 1.54) is 10.4 Å². The van der Waals surface area contributed by atoms with Crippen molar-refractivity contribution in [3.8, 4) is 11.5 Å². The molecule has 0 spiro atoms. The topological polar surface area (TPSA) is 118 Å². The number of fused-ring (bicyclic) bond motifs is 1. The lowest BCUT2D eigenvalue weighted by Crippen LogP contribution is -2.51. The van der Waals surface area contributed by atoms with Gasteiger partial charge in [-0.15, -0.1) is 0 Å². The number of hydrogen-bond donors (Lipinski definition) is 0. The average Bonchev–Trinajstić information content (AvgIpc) is 3.69. The minimum atomic E-state index is -3.97. The molecule has 41 heavy (non-hydrogen) atoms. The summed E-state index contributed by atoms with van der Waals surface area (Å²) >= 11 is 0. The van der Waals surface area contributed by atoms with E-state index in [-0.39, 0.29) is 35.3 Å². The molecule has 0 unspecified atom stereocenters. The van der Waals surface area contributed by atoms with Crippen LogP contribution in [0.5, 0.6) is 11.5 Å². The van der Waals surface area contributed by atoms with Gasteiger partial charge in [0, 0.05) is 51.3 Å². The second kappa shape index (κ2) is 11.0. The lowest BCUT2D eigenvalue weighted by molar-refractivity contribution is -0.135. The minimum Gasteiger partial charge on any atom is -0.497 e. The first-order valence-corrected chi connectivity index (χ1v) is 14.9. The lowest BCUT2D eigenvalue weighted by Gasteiger charge is -2.38. The zero-order chi connectivity index (χ0) is 28.6. The Hall–Kier alpha value is -4.16. The van der Waals surface area contributed by atoms with Gasteiger partial charge in [0.2, 0.25) is 15.9 Å². The van der Waals surface area contributed by atoms with E-state index in [0.29, 0.717) is 31.7 Å². The molecule has 0 aliphatic carbocycles. The molecule has 6 rings (SSSR count). The number of aromatic nitrogens is 2. The number of amides is 1. The third kappa shape index (κ3) is 4.97. The maximum Gasteiger partial charge on any atom is 0.245 e. The van der Waals surface area contributed by atoms with Gasteiger partial charge in [0.25, 0.3) is 0 Å². The van der Waals surface area contributed by atoms with Crippen molar-refractivity contribution in [3.63, 3.8) is 0 Å². The zero-order valence-corrected chi connectivity index (χ0v) is 23.7. The van der Waals surface area contributed by atoms with Crippen molar-refractivity contribution >= 4 is 32.7 Å². The fraction of sp³-hybridized carbons (Fsp3) is 0.345. The van der Waals surface area contributed by atoms with Gasteiger partial charge in [-0.05, 0) is 40.1 Å². The molecule has 2 aliphatic rings. The summed E-state index contributed by atoms with van der Waals surface area (Å²) in [6, 6.07) is 20.1. The van der Waals surface area contributed by atoms with E-state index in [2.05, 4.69) is 15.2 Å². The van der Waals surface area contributed by atoms with E-state index in [1.807, 2.05) is 53.4 Å². The van der Waals surface area contributed by atoms with E-state index in [1.54, 1.807) is 26.4 Å². The highest BCUT2D eigenvalue weighted by molar-refractivity contribution is 7.89. The summed E-state index contributed by atoms with van der Waals surface area (Å²) in [7, 11) is -0.709. The van der Waals surface area contributed by atoms with Crippen LogP contribution in [0, 0.1) is 5.92 Å². The van der Waals surface area contributed by atoms with Gasteiger partial charge in [-0.25, -0.2) is 13.0 Å². The van der Waals surface area contributed by atoms with Crippen LogP contribution in [-0.2, 0) is 14.8 Å². The molecule has 2 saturated heterocycles. The normalized spacial score (nSPS) is 20.0. The van der Waals surface area contributed by atoms with Crippen LogP contribution in [0.2, 0.25) is 0 Å². The molecule has 214 valence electrons. The minimum absolute atomic E-state index is 0.0250. The summed E-state index contributed by atoms with van der Waals surface area (Å²) in [5.74, 6) is 0.609. The van der Waals surface area contributed by atoms with Gasteiger partial charge in [0.05, 0.1) is 25.8 Å². The van der Waals surface area contributed by atoms with E-state index >= 15 is 0 Å². The molecule has 0 radical (unpaired) electrons. The van der Waals surface area contributed by atoms with Gasteiger partial charge in [-0.2, -0.15) is 4.31 Å². The molecular formula is C29H31N5O6S. The van der Waals surface area contributed by atoms with Crippen molar-refractivity contribution in [3.05, 3.63) is 72.3 Å². The number of methoxy groups -OCH3 is 2. The molecule has 11 nitrogen and oxygen atoms in total. The van der Waals surface area contributed by atoms with Gasteiger partial charge in [0.1, 0.15) is 21.9 Å². The maximum atomic E-state index is 14.0. The summed E-state index contributed by atoms with van der Waals surface area (Å²) in [4.78, 5) is 18.1. The Morgan fingerprint density at radius 1 is 0.902 bits per heavy atom. The molecule has 2 aliphatic heterocycles. The Balaban J connectivity index is 1.24. The predicted octanol–water partition coefficient (Wildman–Crippen LogP) is 2.99. The van der Waals surface area contributed by atoms with Crippen LogP contribution in [0.25, 0.3) is 11.0 Å². The van der Waals surface area contributed by atoms with Crippen molar-refractivity contribution in [1.29, 1.82) is 0 Å². The Morgan fingerprint density at radius 2 is 1.68 bits per heavy atom. The number of rotatable bonds is 7. The molecule has 2 fully saturated rings. The second-order valence-corrected chi connectivity index (χ2v) is 12.1. The third-order valence-corrected chi connectivity index (χ3v) is 9.88. The smallest absolute Gasteiger partial charge is 0.245 e. The van der Waals surface area contributed by atoms with Crippen molar-refractivity contribution in [1.82, 2.24) is 19.5 Å². The van der Waals surface area contributed by atoms with Gasteiger partial charge in [-0.1, -0.05) is 36.4 Å². The molecule has 0 saturated carbocycles. The van der Waals surface area contributed by atoms with Crippen LogP contribution >= 0.6 is 0 Å². The van der Waals surface area contributed by atoms with E-state index in [0.717, 1.165) is 22.7 Å². The Kier molecular flexibility index (Phi) is 7.26. The van der Waals surface area contributed by atoms with Crippen molar-refractivity contribution in [2.75, 3.05) is 58.4 Å². The molecule has 3 heterocycles. The van der Waals surface area contributed by atoms with E-state index in [9.17, 15) is 13.2 Å².